The Balaban J connectivity index is 2.64. The number of hydrogen-bond acceptors (Lipinski definition) is 2. The molecule has 0 atom stereocenters. The van der Waals surface area contributed by atoms with E-state index < -0.39 is 0 Å². The number of thiophene rings is 1. The molecule has 1 aromatic heterocycles. The Kier molecular flexibility index (Phi) is 2.04. The lowest BCUT2D eigenvalue weighted by Gasteiger charge is -1.98. The van der Waals surface area contributed by atoms with Crippen LogP contribution in [0.1, 0.15) is 15.9 Å². The average molecular weight is 226 g/mol. The Labute approximate surface area is 97.3 Å². The molecule has 2 heteroatoms. The van der Waals surface area contributed by atoms with Crippen molar-refractivity contribution in [2.24, 2.45) is 0 Å². The van der Waals surface area contributed by atoms with E-state index in [1.54, 1.807) is 11.3 Å². The summed E-state index contributed by atoms with van der Waals surface area (Å²) in [6, 6.07) is 12.2. The average Bonchev–Trinajstić information content (AvgIpc) is 2.70. The molecule has 0 spiro atoms. The van der Waals surface area contributed by atoms with Gasteiger partial charge in [-0.15, -0.1) is 11.3 Å². The monoisotopic (exact) mass is 226 g/mol. The number of benzene rings is 2. The summed E-state index contributed by atoms with van der Waals surface area (Å²) in [4.78, 5) is 11.1. The fourth-order valence-electron chi connectivity index (χ4n) is 2.08. The highest BCUT2D eigenvalue weighted by molar-refractivity contribution is 7.26. The van der Waals surface area contributed by atoms with Crippen molar-refractivity contribution in [2.45, 2.75) is 6.92 Å². The first-order valence-electron chi connectivity index (χ1n) is 5.17. The molecule has 0 unspecified atom stereocenters. The molecule has 3 rings (SSSR count). The van der Waals surface area contributed by atoms with Gasteiger partial charge >= 0.3 is 0 Å². The largest absolute Gasteiger partial charge is 0.298 e. The van der Waals surface area contributed by atoms with Crippen LogP contribution in [0, 0.1) is 6.92 Å². The van der Waals surface area contributed by atoms with Gasteiger partial charge in [-0.3, -0.25) is 4.79 Å². The summed E-state index contributed by atoms with van der Waals surface area (Å²) in [5.41, 5.74) is 2.03. The second-order valence-corrected chi connectivity index (χ2v) is 4.94. The minimum Gasteiger partial charge on any atom is -0.298 e. The maximum absolute atomic E-state index is 11.1. The van der Waals surface area contributed by atoms with Gasteiger partial charge in [0.25, 0.3) is 0 Å². The van der Waals surface area contributed by atoms with Crippen molar-refractivity contribution in [3.05, 3.63) is 47.5 Å². The van der Waals surface area contributed by atoms with Crippen LogP contribution < -0.4 is 0 Å². The Morgan fingerprint density at radius 2 is 1.94 bits per heavy atom. The van der Waals surface area contributed by atoms with Crippen LogP contribution in [0.2, 0.25) is 0 Å². The number of aryl methyl sites for hydroxylation is 1. The molecule has 0 saturated heterocycles. The summed E-state index contributed by atoms with van der Waals surface area (Å²) in [6.07, 6.45) is 0.945. The maximum atomic E-state index is 11.1. The zero-order chi connectivity index (χ0) is 11.1. The highest BCUT2D eigenvalue weighted by Gasteiger charge is 2.10. The molecule has 0 fully saturated rings. The molecule has 0 aliphatic carbocycles. The molecular formula is C14H10OS. The Hall–Kier alpha value is -1.67. The number of rotatable bonds is 1. The molecule has 1 nitrogen and oxygen atoms in total. The third kappa shape index (κ3) is 1.20. The van der Waals surface area contributed by atoms with Gasteiger partial charge in [-0.05, 0) is 18.6 Å². The number of fused-ring (bicyclic) bond motifs is 3. The van der Waals surface area contributed by atoms with Crippen molar-refractivity contribution in [1.82, 2.24) is 0 Å². The molecule has 2 aromatic carbocycles. The van der Waals surface area contributed by atoms with Gasteiger partial charge in [0, 0.05) is 25.7 Å². The van der Waals surface area contributed by atoms with Crippen molar-refractivity contribution >= 4 is 37.8 Å². The molecular weight excluding hydrogens is 216 g/mol. The summed E-state index contributed by atoms with van der Waals surface area (Å²) < 4.78 is 2.47. The molecule has 0 bridgehead atoms. The third-order valence-corrected chi connectivity index (χ3v) is 4.19. The van der Waals surface area contributed by atoms with E-state index in [-0.39, 0.29) is 0 Å². The zero-order valence-electron chi connectivity index (χ0n) is 8.86. The molecule has 0 radical (unpaired) electrons. The van der Waals surface area contributed by atoms with E-state index in [9.17, 15) is 4.79 Å². The van der Waals surface area contributed by atoms with E-state index in [0.29, 0.717) is 0 Å². The summed E-state index contributed by atoms with van der Waals surface area (Å²) in [6.45, 7) is 2.09. The van der Waals surface area contributed by atoms with E-state index in [2.05, 4.69) is 19.1 Å². The van der Waals surface area contributed by atoms with Crippen molar-refractivity contribution in [3.8, 4) is 0 Å². The highest BCUT2D eigenvalue weighted by atomic mass is 32.1. The molecule has 0 N–H and O–H groups in total. The Bertz CT molecular complexity index is 694. The quantitative estimate of drug-likeness (QED) is 0.569. The summed E-state index contributed by atoms with van der Waals surface area (Å²) in [7, 11) is 0. The molecule has 0 aliphatic heterocycles. The van der Waals surface area contributed by atoms with E-state index in [1.807, 2.05) is 24.3 Å². The second-order valence-electron chi connectivity index (χ2n) is 3.89. The van der Waals surface area contributed by atoms with Gasteiger partial charge in [0.05, 0.1) is 0 Å². The molecule has 3 aromatic rings. The summed E-state index contributed by atoms with van der Waals surface area (Å²) in [5, 5.41) is 2.30. The van der Waals surface area contributed by atoms with Gasteiger partial charge in [0.2, 0.25) is 0 Å². The molecule has 0 saturated carbocycles. The molecule has 0 aliphatic rings. The van der Waals surface area contributed by atoms with E-state index in [0.717, 1.165) is 17.2 Å². The van der Waals surface area contributed by atoms with Crippen LogP contribution in [-0.2, 0) is 0 Å². The second kappa shape index (κ2) is 3.42. The van der Waals surface area contributed by atoms with Crippen LogP contribution in [0.15, 0.2) is 36.4 Å². The summed E-state index contributed by atoms with van der Waals surface area (Å²) >= 11 is 1.76. The molecule has 16 heavy (non-hydrogen) atoms. The van der Waals surface area contributed by atoms with Crippen LogP contribution in [0.5, 0.6) is 0 Å². The first-order valence-corrected chi connectivity index (χ1v) is 5.99. The lowest BCUT2D eigenvalue weighted by atomic mass is 10.0. The summed E-state index contributed by atoms with van der Waals surface area (Å²) in [5.74, 6) is 0. The molecule has 0 amide bonds. The lowest BCUT2D eigenvalue weighted by molar-refractivity contribution is 0.112. The number of aldehydes is 1. The van der Waals surface area contributed by atoms with Gasteiger partial charge in [-0.1, -0.05) is 30.3 Å². The predicted molar refractivity (Wildman–Crippen MR) is 69.5 cm³/mol. The number of hydrogen-bond donors (Lipinski definition) is 0. The van der Waals surface area contributed by atoms with Crippen LogP contribution in [0.25, 0.3) is 20.2 Å². The van der Waals surface area contributed by atoms with Crippen molar-refractivity contribution in [1.29, 1.82) is 0 Å². The van der Waals surface area contributed by atoms with E-state index in [4.69, 9.17) is 0 Å². The van der Waals surface area contributed by atoms with Gasteiger partial charge in [0.15, 0.2) is 6.29 Å². The van der Waals surface area contributed by atoms with Crippen LogP contribution >= 0.6 is 11.3 Å². The van der Waals surface area contributed by atoms with Crippen LogP contribution in [0.3, 0.4) is 0 Å². The van der Waals surface area contributed by atoms with E-state index >= 15 is 0 Å². The van der Waals surface area contributed by atoms with Gasteiger partial charge in [-0.25, -0.2) is 0 Å². The maximum Gasteiger partial charge on any atom is 0.150 e. The number of carbonyl (C=O) groups excluding carboxylic acids is 1. The fraction of sp³-hybridized carbons (Fsp3) is 0.0714. The topological polar surface area (TPSA) is 17.1 Å². The molecule has 78 valence electrons. The first kappa shape index (κ1) is 9.55. The predicted octanol–water partition coefficient (Wildman–Crippen LogP) is 4.18. The minimum atomic E-state index is 0.790. The van der Waals surface area contributed by atoms with Crippen LogP contribution in [-0.4, -0.2) is 6.29 Å². The number of carbonyl (C=O) groups is 1. The Morgan fingerprint density at radius 3 is 2.75 bits per heavy atom. The fourth-order valence-corrected chi connectivity index (χ4v) is 3.29. The van der Waals surface area contributed by atoms with Gasteiger partial charge < -0.3 is 0 Å². The standard InChI is InChI=1S/C14H10OS/c1-9-6-7-10(8-15)13-11-4-2-3-5-12(11)16-14(9)13/h2-8H,1H3. The first-order chi connectivity index (χ1) is 7.81. The van der Waals surface area contributed by atoms with Gasteiger partial charge in [0.1, 0.15) is 0 Å². The van der Waals surface area contributed by atoms with Crippen molar-refractivity contribution in [3.63, 3.8) is 0 Å². The minimum absolute atomic E-state index is 0.790. The van der Waals surface area contributed by atoms with Gasteiger partial charge in [-0.2, -0.15) is 0 Å². The zero-order valence-corrected chi connectivity index (χ0v) is 9.67. The molecule has 1 heterocycles. The van der Waals surface area contributed by atoms with Crippen molar-refractivity contribution in [2.75, 3.05) is 0 Å². The van der Waals surface area contributed by atoms with E-state index in [1.165, 1.54) is 20.3 Å². The van der Waals surface area contributed by atoms with Crippen molar-refractivity contribution < 1.29 is 4.79 Å². The lowest BCUT2D eigenvalue weighted by Crippen LogP contribution is -1.82. The normalized spacial score (nSPS) is 11.1. The van der Waals surface area contributed by atoms with Crippen LogP contribution in [0.4, 0.5) is 0 Å². The Morgan fingerprint density at radius 1 is 1.12 bits per heavy atom. The highest BCUT2D eigenvalue weighted by Crippen LogP contribution is 2.37. The SMILES string of the molecule is Cc1ccc(C=O)c2c1sc1ccccc12. The smallest absolute Gasteiger partial charge is 0.150 e. The third-order valence-electron chi connectivity index (χ3n) is 2.88.